The molecule has 0 unspecified atom stereocenters. The van der Waals surface area contributed by atoms with Crippen LogP contribution in [0.25, 0.3) is 98.8 Å². The second-order valence-electron chi connectivity index (χ2n) is 11.3. The molecule has 0 radical (unpaired) electrons. The third kappa shape index (κ3) is 2.93. The molecule has 194 valence electrons. The van der Waals surface area contributed by atoms with E-state index in [4.69, 9.17) is 8.83 Å². The van der Waals surface area contributed by atoms with Crippen LogP contribution in [0.3, 0.4) is 0 Å². The molecule has 42 heavy (non-hydrogen) atoms. The van der Waals surface area contributed by atoms with Gasteiger partial charge in [0.05, 0.1) is 0 Å². The zero-order chi connectivity index (χ0) is 27.4. The van der Waals surface area contributed by atoms with Crippen molar-refractivity contribution in [2.45, 2.75) is 0 Å². The van der Waals surface area contributed by atoms with Crippen LogP contribution < -0.4 is 0 Å². The van der Waals surface area contributed by atoms with Gasteiger partial charge in [0.25, 0.3) is 0 Å². The normalized spacial score (nSPS) is 12.3. The average Bonchev–Trinajstić information content (AvgIpc) is 3.05. The van der Waals surface area contributed by atoms with E-state index in [2.05, 4.69) is 133 Å². The average molecular weight is 535 g/mol. The number of rotatable bonds is 2. The van der Waals surface area contributed by atoms with E-state index >= 15 is 0 Å². The van der Waals surface area contributed by atoms with Crippen LogP contribution in [-0.4, -0.2) is 0 Å². The fraction of sp³-hybridized carbons (Fsp3) is 0. The summed E-state index contributed by atoms with van der Waals surface area (Å²) in [4.78, 5) is 0. The molecule has 0 saturated carbocycles. The zero-order valence-corrected chi connectivity index (χ0v) is 22.5. The number of hydrogen-bond acceptors (Lipinski definition) is 2. The minimum absolute atomic E-state index is 0.874. The molecule has 0 amide bonds. The first kappa shape index (κ1) is 22.1. The van der Waals surface area contributed by atoms with Gasteiger partial charge < -0.3 is 8.83 Å². The van der Waals surface area contributed by atoms with E-state index in [0.29, 0.717) is 0 Å². The Balaban J connectivity index is 1.27. The van der Waals surface area contributed by atoms with E-state index in [0.717, 1.165) is 66.1 Å². The Morgan fingerprint density at radius 2 is 0.786 bits per heavy atom. The maximum atomic E-state index is 6.73. The van der Waals surface area contributed by atoms with Crippen LogP contribution in [-0.2, 0) is 0 Å². The molecule has 2 heteroatoms. The summed E-state index contributed by atoms with van der Waals surface area (Å²) in [5, 5.41) is 9.46. The van der Waals surface area contributed by atoms with Gasteiger partial charge in [0.2, 0.25) is 0 Å². The van der Waals surface area contributed by atoms with Crippen LogP contribution in [0, 0.1) is 0 Å². The van der Waals surface area contributed by atoms with Gasteiger partial charge in [-0.3, -0.25) is 0 Å². The van der Waals surface area contributed by atoms with Crippen LogP contribution in [0.1, 0.15) is 0 Å². The van der Waals surface area contributed by atoms with E-state index in [-0.39, 0.29) is 0 Å². The second-order valence-corrected chi connectivity index (χ2v) is 11.3. The maximum absolute atomic E-state index is 6.73. The minimum Gasteiger partial charge on any atom is -0.456 e. The first-order chi connectivity index (χ1) is 20.8. The topological polar surface area (TPSA) is 26.3 Å². The summed E-state index contributed by atoms with van der Waals surface area (Å²) < 4.78 is 13.5. The fourth-order valence-corrected chi connectivity index (χ4v) is 7.15. The fourth-order valence-electron chi connectivity index (χ4n) is 7.15. The third-order valence-electron chi connectivity index (χ3n) is 8.98. The largest absolute Gasteiger partial charge is 0.456 e. The minimum atomic E-state index is 0.874. The summed E-state index contributed by atoms with van der Waals surface area (Å²) >= 11 is 0. The lowest BCUT2D eigenvalue weighted by molar-refractivity contribution is 0.646. The van der Waals surface area contributed by atoms with Gasteiger partial charge in [0.1, 0.15) is 22.3 Å². The van der Waals surface area contributed by atoms with Crippen molar-refractivity contribution >= 4 is 65.4 Å². The summed E-state index contributed by atoms with van der Waals surface area (Å²) in [7, 11) is 0. The first-order valence-corrected chi connectivity index (χ1v) is 14.3. The molecule has 2 nitrogen and oxygen atoms in total. The third-order valence-corrected chi connectivity index (χ3v) is 8.98. The summed E-state index contributed by atoms with van der Waals surface area (Å²) in [6.45, 7) is 0. The Bertz CT molecular complexity index is 2440. The Kier molecular flexibility index (Phi) is 4.21. The lowest BCUT2D eigenvalue weighted by Gasteiger charge is -2.21. The van der Waals surface area contributed by atoms with Crippen LogP contribution in [0.15, 0.2) is 142 Å². The molecule has 0 aliphatic carbocycles. The first-order valence-electron chi connectivity index (χ1n) is 14.3. The predicted molar refractivity (Wildman–Crippen MR) is 175 cm³/mol. The molecule has 0 aromatic heterocycles. The molecule has 0 fully saturated rings. The lowest BCUT2D eigenvalue weighted by Crippen LogP contribution is -1.95. The van der Waals surface area contributed by atoms with Crippen molar-refractivity contribution in [1.82, 2.24) is 0 Å². The summed E-state index contributed by atoms with van der Waals surface area (Å²) in [5.41, 5.74) is 10.5. The van der Waals surface area contributed by atoms with Crippen LogP contribution in [0.2, 0.25) is 0 Å². The summed E-state index contributed by atoms with van der Waals surface area (Å²) in [6.07, 6.45) is 0. The van der Waals surface area contributed by atoms with Crippen molar-refractivity contribution in [3.05, 3.63) is 133 Å². The monoisotopic (exact) mass is 534 g/mol. The Hall–Kier alpha value is -5.60. The molecule has 8 aromatic rings. The van der Waals surface area contributed by atoms with Crippen LogP contribution in [0.4, 0.5) is 0 Å². The standard InChI is InChI=1S/C40H22O2/c1-3-11-29-23(7-1)9-5-13-31(29)27-19-25-15-17-34-39-37(25)35(21-27)41-33-18-16-26-20-28(22-36(42-34)38(26)40(33)39)32-14-6-10-24-8-2-4-12-30(24)32/h1-22H. The van der Waals surface area contributed by atoms with Crippen molar-refractivity contribution < 1.29 is 8.83 Å². The van der Waals surface area contributed by atoms with Gasteiger partial charge in [0, 0.05) is 21.9 Å². The Morgan fingerprint density at radius 3 is 1.29 bits per heavy atom. The molecule has 10 rings (SSSR count). The molecule has 2 aliphatic heterocycles. The summed E-state index contributed by atoms with van der Waals surface area (Å²) in [5.74, 6) is 0. The molecule has 0 saturated heterocycles. The molecule has 2 aliphatic rings. The van der Waals surface area contributed by atoms with Gasteiger partial charge in [-0.15, -0.1) is 0 Å². The molecule has 2 heterocycles. The van der Waals surface area contributed by atoms with Crippen molar-refractivity contribution in [1.29, 1.82) is 0 Å². The van der Waals surface area contributed by atoms with E-state index < -0.39 is 0 Å². The number of fused-ring (bicyclic) bond motifs is 2. The molecular formula is C40H22O2. The highest BCUT2D eigenvalue weighted by molar-refractivity contribution is 6.24. The lowest BCUT2D eigenvalue weighted by atomic mass is 9.87. The molecule has 0 bridgehead atoms. The van der Waals surface area contributed by atoms with E-state index in [1.807, 2.05) is 0 Å². The van der Waals surface area contributed by atoms with Crippen molar-refractivity contribution in [3.8, 4) is 33.4 Å². The van der Waals surface area contributed by atoms with Gasteiger partial charge in [-0.2, -0.15) is 0 Å². The highest BCUT2D eigenvalue weighted by Crippen LogP contribution is 2.50. The zero-order valence-electron chi connectivity index (χ0n) is 22.5. The molecular weight excluding hydrogens is 512 g/mol. The molecule has 0 N–H and O–H groups in total. The van der Waals surface area contributed by atoms with Crippen molar-refractivity contribution in [2.75, 3.05) is 0 Å². The van der Waals surface area contributed by atoms with Gasteiger partial charge in [0.15, 0.2) is 0 Å². The Morgan fingerprint density at radius 1 is 0.333 bits per heavy atom. The van der Waals surface area contributed by atoms with Gasteiger partial charge >= 0.3 is 0 Å². The molecule has 0 spiro atoms. The highest BCUT2D eigenvalue weighted by atomic mass is 16.3. The number of hydrogen-bond donors (Lipinski definition) is 0. The Labute approximate surface area is 240 Å². The quantitative estimate of drug-likeness (QED) is 0.163. The van der Waals surface area contributed by atoms with Crippen LogP contribution in [0.5, 0.6) is 0 Å². The smallest absolute Gasteiger partial charge is 0.136 e. The van der Waals surface area contributed by atoms with E-state index in [9.17, 15) is 0 Å². The second kappa shape index (κ2) is 7.99. The van der Waals surface area contributed by atoms with Crippen molar-refractivity contribution in [2.24, 2.45) is 0 Å². The SMILES string of the molecule is c1ccc2c(-c3cc4ccc5oc6cc(-c7cccc8ccccc78)cc7ccc8oc(c3)c4c5-c8c76)cccc2c1. The van der Waals surface area contributed by atoms with Gasteiger partial charge in [-0.1, -0.05) is 97.1 Å². The number of benzene rings is 8. The van der Waals surface area contributed by atoms with Gasteiger partial charge in [-0.25, -0.2) is 0 Å². The predicted octanol–water partition coefficient (Wildman–Crippen LogP) is 11.7. The van der Waals surface area contributed by atoms with E-state index in [1.165, 1.54) is 32.7 Å². The van der Waals surface area contributed by atoms with Gasteiger partial charge in [-0.05, 0) is 91.0 Å². The molecule has 8 aromatic carbocycles. The molecule has 0 atom stereocenters. The van der Waals surface area contributed by atoms with E-state index in [1.54, 1.807) is 0 Å². The maximum Gasteiger partial charge on any atom is 0.136 e. The van der Waals surface area contributed by atoms with Crippen molar-refractivity contribution in [3.63, 3.8) is 0 Å². The summed E-state index contributed by atoms with van der Waals surface area (Å²) in [6, 6.07) is 47.6. The highest BCUT2D eigenvalue weighted by Gasteiger charge is 2.25. The van der Waals surface area contributed by atoms with Crippen LogP contribution >= 0.6 is 0 Å².